The van der Waals surface area contributed by atoms with Crippen LogP contribution in [0.5, 0.6) is 0 Å². The Labute approximate surface area is 96.6 Å². The Morgan fingerprint density at radius 3 is 2.69 bits per heavy atom. The Morgan fingerprint density at radius 2 is 2.06 bits per heavy atom. The molecule has 1 aliphatic rings. The van der Waals surface area contributed by atoms with Crippen LogP contribution in [0.25, 0.3) is 0 Å². The van der Waals surface area contributed by atoms with Gasteiger partial charge in [-0.3, -0.25) is 0 Å². The summed E-state index contributed by atoms with van der Waals surface area (Å²) in [6, 6.07) is 0. The Bertz CT molecular complexity index is 363. The monoisotopic (exact) mass is 256 g/mol. The maximum atomic E-state index is 12.5. The van der Waals surface area contributed by atoms with E-state index in [0.29, 0.717) is 12.4 Å². The van der Waals surface area contributed by atoms with Crippen molar-refractivity contribution in [3.8, 4) is 0 Å². The summed E-state index contributed by atoms with van der Waals surface area (Å²) in [5.41, 5.74) is 2.68. The van der Waals surface area contributed by atoms with Crippen LogP contribution < -0.4 is 5.43 Å². The zero-order valence-electron chi connectivity index (χ0n) is 8.58. The lowest BCUT2D eigenvalue weighted by Crippen LogP contribution is -2.24. The SMILES string of the molecule is CC1CCCNn2c1nnc2C(F)(F)F.Cl. The number of hydrogen-bond acceptors (Lipinski definition) is 3. The number of aromatic nitrogens is 3. The highest BCUT2D eigenvalue weighted by molar-refractivity contribution is 5.85. The van der Waals surface area contributed by atoms with Crippen LogP contribution in [0.3, 0.4) is 0 Å². The number of halogens is 4. The molecular weight excluding hydrogens is 245 g/mol. The van der Waals surface area contributed by atoms with Gasteiger partial charge in [-0.15, -0.1) is 22.6 Å². The highest BCUT2D eigenvalue weighted by Gasteiger charge is 2.39. The summed E-state index contributed by atoms with van der Waals surface area (Å²) in [4.78, 5) is 0. The number of hydrogen-bond donors (Lipinski definition) is 1. The third-order valence-corrected chi connectivity index (χ3v) is 2.47. The van der Waals surface area contributed by atoms with E-state index >= 15 is 0 Å². The van der Waals surface area contributed by atoms with Crippen LogP contribution in [0.1, 0.15) is 37.3 Å². The molecule has 2 heterocycles. The standard InChI is InChI=1S/C8H11F3N4.ClH/c1-5-3-2-4-12-15-6(5)13-14-7(15)8(9,10)11;/h5,12H,2-4H2,1H3;1H. The summed E-state index contributed by atoms with van der Waals surface area (Å²) < 4.78 is 38.5. The molecule has 1 N–H and O–H groups in total. The van der Waals surface area contributed by atoms with Crippen molar-refractivity contribution < 1.29 is 13.2 Å². The van der Waals surface area contributed by atoms with Crippen molar-refractivity contribution in [1.29, 1.82) is 0 Å². The van der Waals surface area contributed by atoms with Gasteiger partial charge in [0.05, 0.1) is 0 Å². The van der Waals surface area contributed by atoms with Crippen LogP contribution >= 0.6 is 12.4 Å². The summed E-state index contributed by atoms with van der Waals surface area (Å²) in [5.74, 6) is -0.602. The van der Waals surface area contributed by atoms with E-state index in [-0.39, 0.29) is 18.3 Å². The minimum atomic E-state index is -4.46. The summed E-state index contributed by atoms with van der Waals surface area (Å²) in [7, 11) is 0. The van der Waals surface area contributed by atoms with Crippen LogP contribution in [-0.4, -0.2) is 21.4 Å². The van der Waals surface area contributed by atoms with Gasteiger partial charge in [0, 0.05) is 12.5 Å². The molecule has 0 aromatic carbocycles. The van der Waals surface area contributed by atoms with E-state index in [1.54, 1.807) is 0 Å². The molecular formula is C8H12ClF3N4. The van der Waals surface area contributed by atoms with Crippen LogP contribution in [0.2, 0.25) is 0 Å². The van der Waals surface area contributed by atoms with E-state index < -0.39 is 12.0 Å². The molecule has 0 radical (unpaired) electrons. The molecule has 1 aromatic rings. The predicted molar refractivity (Wildman–Crippen MR) is 54.1 cm³/mol. The van der Waals surface area contributed by atoms with E-state index in [1.165, 1.54) is 0 Å². The highest BCUT2D eigenvalue weighted by atomic mass is 35.5. The van der Waals surface area contributed by atoms with Crippen molar-refractivity contribution in [2.75, 3.05) is 12.0 Å². The number of rotatable bonds is 0. The number of nitrogens with one attached hydrogen (secondary N) is 1. The molecule has 16 heavy (non-hydrogen) atoms. The molecule has 1 aromatic heterocycles. The maximum Gasteiger partial charge on any atom is 0.453 e. The first-order chi connectivity index (χ1) is 7.00. The van der Waals surface area contributed by atoms with Crippen LogP contribution in [0.4, 0.5) is 13.2 Å². The second kappa shape index (κ2) is 4.48. The van der Waals surface area contributed by atoms with Gasteiger partial charge in [-0.05, 0) is 12.8 Å². The number of alkyl halides is 3. The summed E-state index contributed by atoms with van der Waals surface area (Å²) in [5, 5.41) is 6.78. The van der Waals surface area contributed by atoms with Gasteiger partial charge in [0.15, 0.2) is 5.82 Å². The molecule has 1 aliphatic heterocycles. The van der Waals surface area contributed by atoms with Gasteiger partial charge in [0.1, 0.15) is 0 Å². The van der Waals surface area contributed by atoms with Crippen molar-refractivity contribution in [3.63, 3.8) is 0 Å². The molecule has 0 bridgehead atoms. The highest BCUT2D eigenvalue weighted by Crippen LogP contribution is 2.30. The third kappa shape index (κ3) is 2.23. The fourth-order valence-corrected chi connectivity index (χ4v) is 1.68. The molecule has 1 atom stereocenters. The molecule has 92 valence electrons. The molecule has 4 nitrogen and oxygen atoms in total. The Balaban J connectivity index is 0.00000128. The summed E-state index contributed by atoms with van der Waals surface area (Å²) in [6.07, 6.45) is -2.80. The van der Waals surface area contributed by atoms with Crippen molar-refractivity contribution in [1.82, 2.24) is 14.9 Å². The molecule has 0 spiro atoms. The van der Waals surface area contributed by atoms with E-state index in [9.17, 15) is 13.2 Å². The second-order valence-corrected chi connectivity index (χ2v) is 3.67. The zero-order valence-corrected chi connectivity index (χ0v) is 9.40. The quantitative estimate of drug-likeness (QED) is 0.774. The van der Waals surface area contributed by atoms with Gasteiger partial charge in [-0.2, -0.15) is 13.2 Å². The molecule has 2 rings (SSSR count). The molecule has 0 fully saturated rings. The largest absolute Gasteiger partial charge is 0.453 e. The average molecular weight is 257 g/mol. The fraction of sp³-hybridized carbons (Fsp3) is 0.750. The van der Waals surface area contributed by atoms with Gasteiger partial charge in [-0.25, -0.2) is 4.68 Å². The number of nitrogens with zero attached hydrogens (tertiary/aromatic N) is 3. The first-order valence-electron chi connectivity index (χ1n) is 4.76. The molecule has 0 aliphatic carbocycles. The van der Waals surface area contributed by atoms with Crippen LogP contribution in [0.15, 0.2) is 0 Å². The first kappa shape index (κ1) is 13.1. The topological polar surface area (TPSA) is 42.7 Å². The zero-order chi connectivity index (χ0) is 11.1. The van der Waals surface area contributed by atoms with Crippen LogP contribution in [-0.2, 0) is 6.18 Å². The summed E-state index contributed by atoms with van der Waals surface area (Å²) >= 11 is 0. The van der Waals surface area contributed by atoms with E-state index in [1.807, 2.05) is 6.92 Å². The van der Waals surface area contributed by atoms with Gasteiger partial charge in [0.2, 0.25) is 0 Å². The van der Waals surface area contributed by atoms with Crippen molar-refractivity contribution in [2.24, 2.45) is 0 Å². The minimum Gasteiger partial charge on any atom is -0.323 e. The Kier molecular flexibility index (Phi) is 3.67. The van der Waals surface area contributed by atoms with Gasteiger partial charge in [0.25, 0.3) is 5.82 Å². The van der Waals surface area contributed by atoms with Crippen LogP contribution in [0, 0.1) is 0 Å². The van der Waals surface area contributed by atoms with E-state index in [2.05, 4.69) is 15.6 Å². The molecule has 0 saturated carbocycles. The second-order valence-electron chi connectivity index (χ2n) is 3.67. The van der Waals surface area contributed by atoms with Crippen molar-refractivity contribution in [2.45, 2.75) is 31.9 Å². The maximum absolute atomic E-state index is 12.5. The van der Waals surface area contributed by atoms with Crippen molar-refractivity contribution in [3.05, 3.63) is 11.6 Å². The first-order valence-corrected chi connectivity index (χ1v) is 4.76. The smallest absolute Gasteiger partial charge is 0.323 e. The normalized spacial score (nSPS) is 20.4. The van der Waals surface area contributed by atoms with Gasteiger partial charge in [-0.1, -0.05) is 6.92 Å². The lowest BCUT2D eigenvalue weighted by atomic mass is 10.1. The van der Waals surface area contributed by atoms with Gasteiger partial charge < -0.3 is 5.43 Å². The lowest BCUT2D eigenvalue weighted by molar-refractivity contribution is -0.146. The molecule has 8 heteroatoms. The molecule has 0 amide bonds. The third-order valence-electron chi connectivity index (χ3n) is 2.47. The Morgan fingerprint density at radius 1 is 1.38 bits per heavy atom. The molecule has 0 saturated heterocycles. The average Bonchev–Trinajstić information content (AvgIpc) is 2.48. The molecule has 1 unspecified atom stereocenters. The van der Waals surface area contributed by atoms with E-state index in [0.717, 1.165) is 17.5 Å². The Hall–Kier alpha value is -0.980. The van der Waals surface area contributed by atoms with Crippen molar-refractivity contribution >= 4 is 12.4 Å². The fourth-order valence-electron chi connectivity index (χ4n) is 1.68. The predicted octanol–water partition coefficient (Wildman–Crippen LogP) is 2.16. The van der Waals surface area contributed by atoms with E-state index in [4.69, 9.17) is 0 Å². The number of fused-ring (bicyclic) bond motifs is 1. The summed E-state index contributed by atoms with van der Waals surface area (Å²) in [6.45, 7) is 2.37. The van der Waals surface area contributed by atoms with Gasteiger partial charge >= 0.3 is 6.18 Å². The lowest BCUT2D eigenvalue weighted by Gasteiger charge is -2.12. The minimum absolute atomic E-state index is 0.